The number of hydrogen-bond acceptors (Lipinski definition) is 6. The number of carbonyl (C=O) groups is 3. The Hall–Kier alpha value is -3.53. The highest BCUT2D eigenvalue weighted by atomic mass is 16.7. The Morgan fingerprint density at radius 2 is 1.73 bits per heavy atom. The molecule has 22 heavy (non-hydrogen) atoms. The van der Waals surface area contributed by atoms with Gasteiger partial charge in [-0.15, -0.1) is 0 Å². The number of imide groups is 1. The van der Waals surface area contributed by atoms with Crippen molar-refractivity contribution < 1.29 is 19.2 Å². The van der Waals surface area contributed by atoms with E-state index in [0.29, 0.717) is 5.06 Å². The third kappa shape index (κ3) is 2.09. The maximum absolute atomic E-state index is 12.0. The minimum Gasteiger partial charge on any atom is -0.323 e. The maximum atomic E-state index is 12.0. The Balaban J connectivity index is 1.82. The van der Waals surface area contributed by atoms with Crippen molar-refractivity contribution in [3.63, 3.8) is 0 Å². The van der Waals surface area contributed by atoms with Gasteiger partial charge in [-0.1, -0.05) is 17.2 Å². The number of fused-ring (bicyclic) bond motifs is 1. The second-order valence-electron chi connectivity index (χ2n) is 4.37. The monoisotopic (exact) mass is 293 g/mol. The van der Waals surface area contributed by atoms with Crippen LogP contribution >= 0.6 is 0 Å². The van der Waals surface area contributed by atoms with Crippen molar-refractivity contribution in [1.82, 2.24) is 10.0 Å². The van der Waals surface area contributed by atoms with E-state index in [1.54, 1.807) is 12.1 Å². The molecule has 0 aliphatic carbocycles. The number of hydrogen-bond donors (Lipinski definition) is 0. The number of rotatable bonds is 2. The molecule has 2 amide bonds. The zero-order chi connectivity index (χ0) is 15.7. The van der Waals surface area contributed by atoms with E-state index in [4.69, 9.17) is 10.1 Å². The van der Waals surface area contributed by atoms with Crippen LogP contribution in [-0.2, 0) is 4.84 Å². The summed E-state index contributed by atoms with van der Waals surface area (Å²) < 4.78 is 0. The number of aromatic nitrogens is 1. The first-order chi connectivity index (χ1) is 10.6. The number of pyridine rings is 1. The van der Waals surface area contributed by atoms with E-state index < -0.39 is 17.8 Å². The average Bonchev–Trinajstić information content (AvgIpc) is 2.80. The molecule has 106 valence electrons. The smallest absolute Gasteiger partial charge is 0.323 e. The quantitative estimate of drug-likeness (QED) is 0.774. The van der Waals surface area contributed by atoms with Gasteiger partial charge in [-0.05, 0) is 24.3 Å². The van der Waals surface area contributed by atoms with Gasteiger partial charge in [0.1, 0.15) is 6.07 Å². The molecule has 2 heterocycles. The molecule has 1 aliphatic heterocycles. The number of carbonyl (C=O) groups excluding carboxylic acids is 3. The molecule has 0 atom stereocenters. The van der Waals surface area contributed by atoms with Gasteiger partial charge in [0.25, 0.3) is 11.8 Å². The molecule has 7 heteroatoms. The van der Waals surface area contributed by atoms with Crippen LogP contribution in [0.1, 0.15) is 36.8 Å². The van der Waals surface area contributed by atoms with Crippen molar-refractivity contribution in [2.24, 2.45) is 0 Å². The number of nitrogens with zero attached hydrogens (tertiary/aromatic N) is 3. The molecule has 0 spiro atoms. The summed E-state index contributed by atoms with van der Waals surface area (Å²) in [5.41, 5.74) is 0.508. The zero-order valence-corrected chi connectivity index (χ0v) is 11.0. The lowest BCUT2D eigenvalue weighted by Gasteiger charge is -2.12. The average molecular weight is 293 g/mol. The van der Waals surface area contributed by atoms with E-state index >= 15 is 0 Å². The Morgan fingerprint density at radius 1 is 1.09 bits per heavy atom. The molecule has 0 N–H and O–H groups in total. The fourth-order valence-electron chi connectivity index (χ4n) is 1.96. The van der Waals surface area contributed by atoms with Crippen LogP contribution in [0, 0.1) is 11.3 Å². The van der Waals surface area contributed by atoms with Crippen molar-refractivity contribution in [3.8, 4) is 6.07 Å². The number of benzene rings is 1. The van der Waals surface area contributed by atoms with E-state index in [0.717, 1.165) is 0 Å². The minimum atomic E-state index is -0.959. The molecule has 1 aromatic heterocycles. The highest BCUT2D eigenvalue weighted by Gasteiger charge is 2.38. The summed E-state index contributed by atoms with van der Waals surface area (Å²) >= 11 is 0. The van der Waals surface area contributed by atoms with E-state index in [2.05, 4.69) is 4.98 Å². The van der Waals surface area contributed by atoms with E-state index in [1.165, 1.54) is 30.5 Å². The molecule has 1 aliphatic rings. The second kappa shape index (κ2) is 5.10. The predicted molar refractivity (Wildman–Crippen MR) is 71.3 cm³/mol. The fraction of sp³-hybridized carbons (Fsp3) is 0. The molecule has 7 nitrogen and oxygen atoms in total. The topological polar surface area (TPSA) is 100 Å². The first-order valence-corrected chi connectivity index (χ1v) is 6.18. The van der Waals surface area contributed by atoms with Gasteiger partial charge in [-0.25, -0.2) is 9.78 Å². The van der Waals surface area contributed by atoms with Gasteiger partial charge in [-0.2, -0.15) is 5.26 Å². The number of amides is 2. The van der Waals surface area contributed by atoms with Crippen LogP contribution in [-0.4, -0.2) is 27.8 Å². The molecule has 3 rings (SSSR count). The molecule has 0 radical (unpaired) electrons. The SMILES string of the molecule is N#Cc1ccc(C(=O)ON2C(=O)c3ccccc3C2=O)nc1. The summed E-state index contributed by atoms with van der Waals surface area (Å²) in [4.78, 5) is 44.6. The van der Waals surface area contributed by atoms with Crippen molar-refractivity contribution in [1.29, 1.82) is 5.26 Å². The van der Waals surface area contributed by atoms with Crippen LogP contribution in [0.15, 0.2) is 42.6 Å². The van der Waals surface area contributed by atoms with Crippen molar-refractivity contribution >= 4 is 17.8 Å². The highest BCUT2D eigenvalue weighted by molar-refractivity contribution is 6.21. The van der Waals surface area contributed by atoms with Gasteiger partial charge in [0.2, 0.25) is 0 Å². The van der Waals surface area contributed by atoms with Gasteiger partial charge in [0.05, 0.1) is 16.7 Å². The molecular formula is C15H7N3O4. The first kappa shape index (κ1) is 13.5. The predicted octanol–water partition coefficient (Wildman–Crippen LogP) is 1.32. The molecule has 0 saturated heterocycles. The normalized spacial score (nSPS) is 12.8. The lowest BCUT2D eigenvalue weighted by molar-refractivity contribution is -0.0588. The summed E-state index contributed by atoms with van der Waals surface area (Å²) in [6.45, 7) is 0. The molecule has 2 aromatic rings. The van der Waals surface area contributed by atoms with E-state index in [-0.39, 0.29) is 22.4 Å². The number of hydroxylamine groups is 2. The molecule has 0 saturated carbocycles. The fourth-order valence-corrected chi connectivity index (χ4v) is 1.96. The standard InChI is InChI=1S/C15H7N3O4/c16-7-9-5-6-12(17-8-9)15(21)22-18-13(19)10-3-1-2-4-11(10)14(18)20/h1-6,8H. The maximum Gasteiger partial charge on any atom is 0.382 e. The highest BCUT2D eigenvalue weighted by Crippen LogP contribution is 2.23. The minimum absolute atomic E-state index is 0.115. The third-order valence-corrected chi connectivity index (χ3v) is 3.03. The van der Waals surface area contributed by atoms with Gasteiger partial charge < -0.3 is 4.84 Å². The summed E-state index contributed by atoms with van der Waals surface area (Å²) in [6, 6.07) is 10.7. The molecule has 1 aromatic carbocycles. The molecule has 0 bridgehead atoms. The van der Waals surface area contributed by atoms with Crippen molar-refractivity contribution in [2.75, 3.05) is 0 Å². The summed E-state index contributed by atoms with van der Waals surface area (Å²) in [5.74, 6) is -2.37. The van der Waals surface area contributed by atoms with Gasteiger partial charge in [0, 0.05) is 6.20 Å². The largest absolute Gasteiger partial charge is 0.382 e. The van der Waals surface area contributed by atoms with Crippen molar-refractivity contribution in [3.05, 3.63) is 65.0 Å². The van der Waals surface area contributed by atoms with Crippen LogP contribution in [0.3, 0.4) is 0 Å². The van der Waals surface area contributed by atoms with Crippen LogP contribution in [0.2, 0.25) is 0 Å². The van der Waals surface area contributed by atoms with E-state index in [9.17, 15) is 14.4 Å². The lowest BCUT2D eigenvalue weighted by Crippen LogP contribution is -2.32. The molecule has 0 unspecified atom stereocenters. The Bertz CT molecular complexity index is 802. The van der Waals surface area contributed by atoms with Gasteiger partial charge >= 0.3 is 5.97 Å². The van der Waals surface area contributed by atoms with Crippen LogP contribution in [0.4, 0.5) is 0 Å². The molecule has 0 fully saturated rings. The Morgan fingerprint density at radius 3 is 2.23 bits per heavy atom. The van der Waals surface area contributed by atoms with Crippen LogP contribution in [0.5, 0.6) is 0 Å². The number of nitriles is 1. The van der Waals surface area contributed by atoms with Crippen LogP contribution in [0.25, 0.3) is 0 Å². The summed E-state index contributed by atoms with van der Waals surface area (Å²) in [7, 11) is 0. The lowest BCUT2D eigenvalue weighted by atomic mass is 10.1. The summed E-state index contributed by atoms with van der Waals surface area (Å²) in [6.07, 6.45) is 1.19. The van der Waals surface area contributed by atoms with E-state index in [1.807, 2.05) is 6.07 Å². The molecular weight excluding hydrogens is 286 g/mol. The second-order valence-corrected chi connectivity index (χ2v) is 4.37. The Labute approximate surface area is 124 Å². The third-order valence-electron chi connectivity index (χ3n) is 3.03. The Kier molecular flexibility index (Phi) is 3.12. The van der Waals surface area contributed by atoms with Gasteiger partial charge in [-0.3, -0.25) is 9.59 Å². The zero-order valence-electron chi connectivity index (χ0n) is 11.0. The summed E-state index contributed by atoms with van der Waals surface area (Å²) in [5, 5.41) is 9.07. The van der Waals surface area contributed by atoms with Crippen molar-refractivity contribution in [2.45, 2.75) is 0 Å². The first-order valence-electron chi connectivity index (χ1n) is 6.18. The van der Waals surface area contributed by atoms with Gasteiger partial charge in [0.15, 0.2) is 5.69 Å². The van der Waals surface area contributed by atoms with Crippen LogP contribution < -0.4 is 0 Å².